The molecule has 1 aliphatic heterocycles. The zero-order valence-corrected chi connectivity index (χ0v) is 21.0. The molecule has 35 heavy (non-hydrogen) atoms. The predicted octanol–water partition coefficient (Wildman–Crippen LogP) is 3.11. The molecule has 14 heteroatoms. The van der Waals surface area contributed by atoms with E-state index in [1.807, 2.05) is 0 Å². The number of benzene rings is 1. The number of aromatic nitrogens is 2. The molecule has 0 aliphatic carbocycles. The Morgan fingerprint density at radius 3 is 2.57 bits per heavy atom. The van der Waals surface area contributed by atoms with Crippen molar-refractivity contribution in [3.8, 4) is 0 Å². The first-order valence-electron chi connectivity index (χ1n) is 10.6. The summed E-state index contributed by atoms with van der Waals surface area (Å²) in [6.07, 6.45) is -4.24. The molecule has 1 saturated heterocycles. The van der Waals surface area contributed by atoms with Crippen molar-refractivity contribution in [2.24, 2.45) is 0 Å². The number of alkyl halides is 3. The Kier molecular flexibility index (Phi) is 8.01. The van der Waals surface area contributed by atoms with E-state index in [1.54, 1.807) is 6.07 Å². The van der Waals surface area contributed by atoms with E-state index in [-0.39, 0.29) is 39.2 Å². The lowest BCUT2D eigenvalue weighted by molar-refractivity contribution is -0.137. The molecule has 0 spiro atoms. The van der Waals surface area contributed by atoms with Crippen molar-refractivity contribution in [3.05, 3.63) is 47.3 Å². The fourth-order valence-corrected chi connectivity index (χ4v) is 6.14. The summed E-state index contributed by atoms with van der Waals surface area (Å²) in [5.41, 5.74) is -0.0476. The van der Waals surface area contributed by atoms with E-state index in [1.165, 1.54) is 18.7 Å². The van der Waals surface area contributed by atoms with E-state index in [9.17, 15) is 30.0 Å². The van der Waals surface area contributed by atoms with Crippen LogP contribution in [0, 0.1) is 0 Å². The van der Waals surface area contributed by atoms with Crippen molar-refractivity contribution in [2.75, 3.05) is 26.6 Å². The van der Waals surface area contributed by atoms with Crippen LogP contribution < -0.4 is 0 Å². The third-order valence-corrected chi connectivity index (χ3v) is 8.92. The van der Waals surface area contributed by atoms with Gasteiger partial charge in [-0.25, -0.2) is 13.1 Å². The summed E-state index contributed by atoms with van der Waals surface area (Å²) in [4.78, 5) is -0.403. The Morgan fingerprint density at radius 2 is 1.94 bits per heavy atom. The van der Waals surface area contributed by atoms with E-state index < -0.39 is 47.4 Å². The zero-order valence-electron chi connectivity index (χ0n) is 19.4. The highest BCUT2D eigenvalue weighted by Crippen LogP contribution is 2.43. The minimum Gasteiger partial charge on any atom is -0.372 e. The molecular formula is C21H27F3N2O7S2. The van der Waals surface area contributed by atoms with Gasteiger partial charge in [0.05, 0.1) is 39.5 Å². The van der Waals surface area contributed by atoms with Crippen LogP contribution in [0.3, 0.4) is 0 Å². The summed E-state index contributed by atoms with van der Waals surface area (Å²) < 4.78 is 105. The number of ether oxygens (including phenoxy) is 2. The van der Waals surface area contributed by atoms with Crippen molar-refractivity contribution >= 4 is 20.0 Å². The number of sulfone groups is 1. The second-order valence-corrected chi connectivity index (χ2v) is 12.7. The van der Waals surface area contributed by atoms with Crippen LogP contribution >= 0.6 is 0 Å². The predicted molar refractivity (Wildman–Crippen MR) is 119 cm³/mol. The molecule has 2 unspecified atom stereocenters. The standard InChI is InChI=1S/C21H27F3N2O7S2/c1-20(35(29,30)17-6-4-5-15(11-17)21(22,23)24)8-10-32-19(13-20)18-12-16(25-26(18)14-31-2)7-9-33-34(3,27)28/h4-6,11-12,19H,7-10,13-14H2,1-3H3. The quantitative estimate of drug-likeness (QED) is 0.446. The maximum atomic E-state index is 13.5. The molecule has 2 heterocycles. The van der Waals surface area contributed by atoms with Gasteiger partial charge in [-0.2, -0.15) is 26.7 Å². The van der Waals surface area contributed by atoms with Crippen LogP contribution in [0.1, 0.15) is 42.8 Å². The highest BCUT2D eigenvalue weighted by Gasteiger charge is 2.46. The van der Waals surface area contributed by atoms with Gasteiger partial charge in [-0.1, -0.05) is 6.07 Å². The van der Waals surface area contributed by atoms with Crippen LogP contribution in [0.25, 0.3) is 0 Å². The normalized spacial score (nSPS) is 21.8. The summed E-state index contributed by atoms with van der Waals surface area (Å²) in [6, 6.07) is 5.37. The molecule has 2 aromatic rings. The van der Waals surface area contributed by atoms with Crippen LogP contribution in [0.4, 0.5) is 13.2 Å². The number of nitrogens with zero attached hydrogens (tertiary/aromatic N) is 2. The number of halogens is 3. The molecule has 9 nitrogen and oxygen atoms in total. The number of hydrogen-bond donors (Lipinski definition) is 0. The molecule has 1 aliphatic rings. The smallest absolute Gasteiger partial charge is 0.372 e. The average molecular weight is 541 g/mol. The van der Waals surface area contributed by atoms with Crippen molar-refractivity contribution in [1.29, 1.82) is 0 Å². The Hall–Kier alpha value is -2.00. The largest absolute Gasteiger partial charge is 0.416 e. The lowest BCUT2D eigenvalue weighted by Gasteiger charge is -2.37. The van der Waals surface area contributed by atoms with E-state index in [0.29, 0.717) is 17.5 Å². The Balaban J connectivity index is 1.89. The molecular weight excluding hydrogens is 513 g/mol. The first-order valence-corrected chi connectivity index (χ1v) is 13.9. The van der Waals surface area contributed by atoms with Gasteiger partial charge in [0.15, 0.2) is 9.84 Å². The summed E-state index contributed by atoms with van der Waals surface area (Å²) in [5, 5.41) is 4.36. The van der Waals surface area contributed by atoms with Crippen molar-refractivity contribution in [2.45, 2.75) is 54.8 Å². The van der Waals surface area contributed by atoms with E-state index in [4.69, 9.17) is 13.7 Å². The summed E-state index contributed by atoms with van der Waals surface area (Å²) in [5.74, 6) is 0. The average Bonchev–Trinajstić information content (AvgIpc) is 3.15. The Labute approximate surface area is 202 Å². The van der Waals surface area contributed by atoms with Crippen LogP contribution in [-0.4, -0.2) is 57.9 Å². The maximum Gasteiger partial charge on any atom is 0.416 e. The van der Waals surface area contributed by atoms with Crippen LogP contribution in [0.5, 0.6) is 0 Å². The van der Waals surface area contributed by atoms with Gasteiger partial charge in [-0.3, -0.25) is 4.18 Å². The lowest BCUT2D eigenvalue weighted by atomic mass is 9.94. The summed E-state index contributed by atoms with van der Waals surface area (Å²) >= 11 is 0. The van der Waals surface area contributed by atoms with E-state index in [2.05, 4.69) is 5.10 Å². The van der Waals surface area contributed by atoms with Gasteiger partial charge in [0.25, 0.3) is 10.1 Å². The molecule has 1 fully saturated rings. The molecule has 0 radical (unpaired) electrons. The van der Waals surface area contributed by atoms with Gasteiger partial charge in [0, 0.05) is 20.1 Å². The molecule has 0 amide bonds. The minimum absolute atomic E-state index is 0.0270. The maximum absolute atomic E-state index is 13.5. The van der Waals surface area contributed by atoms with E-state index in [0.717, 1.165) is 24.5 Å². The minimum atomic E-state index is -4.67. The Bertz CT molecular complexity index is 1260. The van der Waals surface area contributed by atoms with Crippen molar-refractivity contribution in [3.63, 3.8) is 0 Å². The first kappa shape index (κ1) is 27.6. The SMILES string of the molecule is COCn1nc(CCOS(C)(=O)=O)cc1C1CC(C)(S(=O)(=O)c2cccc(C(F)(F)F)c2)CCO1. The van der Waals surface area contributed by atoms with Crippen LogP contribution in [0.15, 0.2) is 35.2 Å². The molecule has 1 aromatic carbocycles. The second kappa shape index (κ2) is 10.2. The lowest BCUT2D eigenvalue weighted by Crippen LogP contribution is -2.42. The first-order chi connectivity index (χ1) is 16.2. The molecule has 0 saturated carbocycles. The molecule has 3 rings (SSSR count). The third kappa shape index (κ3) is 6.42. The number of methoxy groups -OCH3 is 1. The highest BCUT2D eigenvalue weighted by atomic mass is 32.2. The molecule has 196 valence electrons. The second-order valence-electron chi connectivity index (χ2n) is 8.55. The van der Waals surface area contributed by atoms with Gasteiger partial charge in [0.2, 0.25) is 0 Å². The number of rotatable bonds is 9. The molecule has 0 bridgehead atoms. The van der Waals surface area contributed by atoms with Gasteiger partial charge < -0.3 is 9.47 Å². The van der Waals surface area contributed by atoms with Crippen molar-refractivity contribution in [1.82, 2.24) is 9.78 Å². The zero-order chi connectivity index (χ0) is 26.1. The topological polar surface area (TPSA) is 114 Å². The fourth-order valence-electron chi connectivity index (χ4n) is 3.92. The van der Waals surface area contributed by atoms with E-state index >= 15 is 0 Å². The molecule has 2 atom stereocenters. The summed E-state index contributed by atoms with van der Waals surface area (Å²) in [7, 11) is -6.34. The highest BCUT2D eigenvalue weighted by molar-refractivity contribution is 7.92. The molecule has 0 N–H and O–H groups in total. The fraction of sp³-hybridized carbons (Fsp3) is 0.571. The van der Waals surface area contributed by atoms with Crippen molar-refractivity contribution < 1.29 is 43.7 Å². The third-order valence-electron chi connectivity index (χ3n) is 5.79. The Morgan fingerprint density at radius 1 is 1.23 bits per heavy atom. The van der Waals surface area contributed by atoms with Gasteiger partial charge >= 0.3 is 6.18 Å². The van der Waals surface area contributed by atoms with Gasteiger partial charge in [0.1, 0.15) is 12.8 Å². The van der Waals surface area contributed by atoms with Crippen LogP contribution in [0.2, 0.25) is 0 Å². The summed E-state index contributed by atoms with van der Waals surface area (Å²) in [6.45, 7) is 1.45. The monoisotopic (exact) mass is 540 g/mol. The number of hydrogen-bond acceptors (Lipinski definition) is 8. The molecule has 1 aromatic heterocycles. The van der Waals surface area contributed by atoms with Gasteiger partial charge in [-0.05, 0) is 44.0 Å². The van der Waals surface area contributed by atoms with Crippen LogP contribution in [-0.2, 0) is 52.9 Å². The van der Waals surface area contributed by atoms with Gasteiger partial charge in [-0.15, -0.1) is 0 Å².